The van der Waals surface area contributed by atoms with E-state index in [1.807, 2.05) is 19.1 Å². The summed E-state index contributed by atoms with van der Waals surface area (Å²) >= 11 is 1.75. The summed E-state index contributed by atoms with van der Waals surface area (Å²) in [7, 11) is 0. The molecule has 0 bridgehead atoms. The van der Waals surface area contributed by atoms with Crippen LogP contribution in [-0.2, 0) is 4.74 Å². The highest BCUT2D eigenvalue weighted by molar-refractivity contribution is 7.99. The van der Waals surface area contributed by atoms with Crippen molar-refractivity contribution in [2.45, 2.75) is 37.2 Å². The van der Waals surface area contributed by atoms with Gasteiger partial charge in [-0.25, -0.2) is 0 Å². The van der Waals surface area contributed by atoms with Crippen LogP contribution in [0.5, 0.6) is 0 Å². The molecule has 0 radical (unpaired) electrons. The molecule has 1 aromatic rings. The first kappa shape index (κ1) is 12.6. The molecule has 0 spiro atoms. The molecular formula is C13H17NO2S. The zero-order valence-corrected chi connectivity index (χ0v) is 10.8. The lowest BCUT2D eigenvalue weighted by atomic mass is 10.2. The van der Waals surface area contributed by atoms with Gasteiger partial charge in [0.25, 0.3) is 0 Å². The first-order chi connectivity index (χ1) is 8.29. The lowest BCUT2D eigenvalue weighted by Gasteiger charge is -2.08. The van der Waals surface area contributed by atoms with Crippen molar-refractivity contribution in [1.82, 2.24) is 4.98 Å². The fraction of sp³-hybridized carbons (Fsp3) is 0.538. The van der Waals surface area contributed by atoms with E-state index in [2.05, 4.69) is 4.98 Å². The van der Waals surface area contributed by atoms with E-state index in [0.29, 0.717) is 18.2 Å². The number of rotatable bonds is 5. The molecule has 17 heavy (non-hydrogen) atoms. The lowest BCUT2D eigenvalue weighted by molar-refractivity contribution is 0.0983. The van der Waals surface area contributed by atoms with Gasteiger partial charge in [0.05, 0.1) is 6.10 Å². The van der Waals surface area contributed by atoms with E-state index in [1.165, 1.54) is 6.42 Å². The molecule has 0 aliphatic carbocycles. The summed E-state index contributed by atoms with van der Waals surface area (Å²) in [5.41, 5.74) is 0.564. The molecule has 1 aliphatic heterocycles. The Hall–Kier alpha value is -0.870. The first-order valence-electron chi connectivity index (χ1n) is 6.03. The molecule has 2 rings (SSSR count). The Bertz CT molecular complexity index is 372. The second kappa shape index (κ2) is 6.17. The van der Waals surface area contributed by atoms with Crippen molar-refractivity contribution in [1.29, 1.82) is 0 Å². The second-order valence-corrected chi connectivity index (χ2v) is 5.20. The number of ether oxygens (including phenoxy) is 1. The van der Waals surface area contributed by atoms with Crippen LogP contribution in [-0.4, -0.2) is 29.2 Å². The highest BCUT2D eigenvalue weighted by Crippen LogP contribution is 2.23. The van der Waals surface area contributed by atoms with Crippen LogP contribution < -0.4 is 0 Å². The average molecular weight is 251 g/mol. The van der Waals surface area contributed by atoms with E-state index >= 15 is 0 Å². The number of Topliss-reactive ketones (excluding diaryl/α,β-unsaturated/α-hetero) is 1. The van der Waals surface area contributed by atoms with Crippen LogP contribution in [0.2, 0.25) is 0 Å². The topological polar surface area (TPSA) is 39.2 Å². The van der Waals surface area contributed by atoms with Gasteiger partial charge in [0.2, 0.25) is 0 Å². The van der Waals surface area contributed by atoms with Crippen molar-refractivity contribution in [2.75, 3.05) is 12.4 Å². The molecule has 2 heterocycles. The summed E-state index contributed by atoms with van der Waals surface area (Å²) in [5.74, 6) is 1.07. The van der Waals surface area contributed by atoms with Gasteiger partial charge in [0, 0.05) is 29.9 Å². The van der Waals surface area contributed by atoms with E-state index in [4.69, 9.17) is 4.74 Å². The normalized spacial score (nSPS) is 19.5. The van der Waals surface area contributed by atoms with Gasteiger partial charge in [0.1, 0.15) is 5.69 Å². The van der Waals surface area contributed by atoms with Crippen LogP contribution in [0.1, 0.15) is 36.7 Å². The third-order valence-electron chi connectivity index (χ3n) is 2.80. The third kappa shape index (κ3) is 3.54. The Morgan fingerprint density at radius 1 is 1.59 bits per heavy atom. The summed E-state index contributed by atoms with van der Waals surface area (Å²) in [5, 5.41) is 0. The van der Waals surface area contributed by atoms with Gasteiger partial charge >= 0.3 is 0 Å². The fourth-order valence-corrected chi connectivity index (χ4v) is 2.71. The molecule has 1 saturated heterocycles. The molecule has 0 amide bonds. The van der Waals surface area contributed by atoms with E-state index < -0.39 is 0 Å². The zero-order valence-electron chi connectivity index (χ0n) is 10.0. The summed E-state index contributed by atoms with van der Waals surface area (Å²) in [4.78, 5) is 16.7. The van der Waals surface area contributed by atoms with Gasteiger partial charge < -0.3 is 4.74 Å². The Labute approximate surface area is 106 Å². The summed E-state index contributed by atoms with van der Waals surface area (Å²) in [6.07, 6.45) is 5.01. The van der Waals surface area contributed by atoms with Crippen LogP contribution in [0, 0.1) is 0 Å². The monoisotopic (exact) mass is 251 g/mol. The number of hydrogen-bond acceptors (Lipinski definition) is 4. The molecule has 92 valence electrons. The molecule has 1 fully saturated rings. The van der Waals surface area contributed by atoms with Gasteiger partial charge in [-0.1, -0.05) is 6.92 Å². The summed E-state index contributed by atoms with van der Waals surface area (Å²) < 4.78 is 5.56. The lowest BCUT2D eigenvalue weighted by Crippen LogP contribution is -2.07. The molecule has 3 nitrogen and oxygen atoms in total. The van der Waals surface area contributed by atoms with Gasteiger partial charge in [-0.2, -0.15) is 0 Å². The third-order valence-corrected chi connectivity index (χ3v) is 3.92. The molecule has 1 aromatic heterocycles. The Kier molecular flexibility index (Phi) is 4.57. The molecule has 1 unspecified atom stereocenters. The van der Waals surface area contributed by atoms with Gasteiger partial charge in [-0.3, -0.25) is 9.78 Å². The molecule has 0 N–H and O–H groups in total. The van der Waals surface area contributed by atoms with Crippen molar-refractivity contribution in [3.05, 3.63) is 24.0 Å². The van der Waals surface area contributed by atoms with Crippen LogP contribution in [0.25, 0.3) is 0 Å². The quantitative estimate of drug-likeness (QED) is 0.596. The fourth-order valence-electron chi connectivity index (χ4n) is 1.78. The number of carbonyl (C=O) groups excluding carboxylic acids is 1. The molecule has 1 atom stereocenters. The van der Waals surface area contributed by atoms with Crippen molar-refractivity contribution < 1.29 is 9.53 Å². The first-order valence-corrected chi connectivity index (χ1v) is 7.02. The maximum Gasteiger partial charge on any atom is 0.180 e. The highest BCUT2D eigenvalue weighted by atomic mass is 32.2. The molecule has 0 aromatic carbocycles. The number of hydrogen-bond donors (Lipinski definition) is 0. The predicted octanol–water partition coefficient (Wildman–Crippen LogP) is 2.95. The number of carbonyl (C=O) groups is 1. The van der Waals surface area contributed by atoms with E-state index in [-0.39, 0.29) is 5.78 Å². The van der Waals surface area contributed by atoms with Crippen LogP contribution in [0.3, 0.4) is 0 Å². The van der Waals surface area contributed by atoms with Gasteiger partial charge in [-0.05, 0) is 25.0 Å². The minimum absolute atomic E-state index is 0.0978. The maximum absolute atomic E-state index is 11.4. The van der Waals surface area contributed by atoms with Crippen molar-refractivity contribution >= 4 is 17.5 Å². The van der Waals surface area contributed by atoms with Crippen LogP contribution in [0.15, 0.2) is 23.2 Å². The van der Waals surface area contributed by atoms with Crippen molar-refractivity contribution in [3.63, 3.8) is 0 Å². The van der Waals surface area contributed by atoms with Gasteiger partial charge in [0.15, 0.2) is 5.78 Å². The van der Waals surface area contributed by atoms with Gasteiger partial charge in [-0.15, -0.1) is 11.8 Å². The number of aromatic nitrogens is 1. The average Bonchev–Trinajstić information content (AvgIpc) is 2.89. The summed E-state index contributed by atoms with van der Waals surface area (Å²) in [6, 6.07) is 3.78. The predicted molar refractivity (Wildman–Crippen MR) is 68.6 cm³/mol. The highest BCUT2D eigenvalue weighted by Gasteiger charge is 2.15. The number of pyridine rings is 1. The van der Waals surface area contributed by atoms with Crippen molar-refractivity contribution in [2.24, 2.45) is 0 Å². The number of thioether (sulfide) groups is 1. The van der Waals surface area contributed by atoms with Crippen LogP contribution >= 0.6 is 11.8 Å². The minimum atomic E-state index is 0.0978. The largest absolute Gasteiger partial charge is 0.377 e. The molecular weight excluding hydrogens is 234 g/mol. The number of ketones is 1. The standard InChI is InChI=1S/C13H17NO2S/c1-2-13(15)12-6-5-11(8-14-12)17-9-10-4-3-7-16-10/h5-6,8,10H,2-4,7,9H2,1H3. The molecule has 4 heteroatoms. The molecule has 0 saturated carbocycles. The maximum atomic E-state index is 11.4. The van der Waals surface area contributed by atoms with E-state index in [1.54, 1.807) is 18.0 Å². The molecule has 1 aliphatic rings. The summed E-state index contributed by atoms with van der Waals surface area (Å²) in [6.45, 7) is 2.75. The smallest absolute Gasteiger partial charge is 0.180 e. The Morgan fingerprint density at radius 2 is 2.47 bits per heavy atom. The zero-order chi connectivity index (χ0) is 12.1. The second-order valence-electron chi connectivity index (χ2n) is 4.10. The number of nitrogens with zero attached hydrogens (tertiary/aromatic N) is 1. The Balaban J connectivity index is 1.87. The van der Waals surface area contributed by atoms with Crippen LogP contribution in [0.4, 0.5) is 0 Å². The van der Waals surface area contributed by atoms with E-state index in [0.717, 1.165) is 23.7 Å². The van der Waals surface area contributed by atoms with E-state index in [9.17, 15) is 4.79 Å². The van der Waals surface area contributed by atoms with Crippen molar-refractivity contribution in [3.8, 4) is 0 Å². The minimum Gasteiger partial charge on any atom is -0.377 e. The SMILES string of the molecule is CCC(=O)c1ccc(SCC2CCCO2)cn1. The Morgan fingerprint density at radius 3 is 3.06 bits per heavy atom.